The van der Waals surface area contributed by atoms with Crippen LogP contribution >= 0.6 is 0 Å². The summed E-state index contributed by atoms with van der Waals surface area (Å²) in [6.45, 7) is 0.371. The second-order valence-electron chi connectivity index (χ2n) is 10.2. The third kappa shape index (κ3) is 5.84. The number of aromatic amines is 1. The Balaban J connectivity index is 1.37. The summed E-state index contributed by atoms with van der Waals surface area (Å²) < 4.78 is 0. The number of benzene rings is 3. The highest BCUT2D eigenvalue weighted by Crippen LogP contribution is 2.25. The van der Waals surface area contributed by atoms with Gasteiger partial charge >= 0.3 is 0 Å². The third-order valence-corrected chi connectivity index (χ3v) is 7.29. The highest BCUT2D eigenvalue weighted by molar-refractivity contribution is 6.08. The van der Waals surface area contributed by atoms with E-state index >= 15 is 0 Å². The lowest BCUT2D eigenvalue weighted by molar-refractivity contribution is -0.136. The Labute approximate surface area is 232 Å². The molecule has 3 amide bonds. The number of likely N-dealkylation sites (N-methyl/N-ethyl adjacent to an activating group) is 1. The Hall–Kier alpha value is -4.63. The van der Waals surface area contributed by atoms with E-state index in [1.54, 1.807) is 30.3 Å². The fraction of sp³-hybridized carbons (Fsp3) is 0.258. The number of amides is 3. The highest BCUT2D eigenvalue weighted by atomic mass is 16.3. The summed E-state index contributed by atoms with van der Waals surface area (Å²) in [7, 11) is 1.68. The quantitative estimate of drug-likeness (QED) is 0.274. The number of H-pyrrole nitrogens is 1. The van der Waals surface area contributed by atoms with Crippen LogP contribution in [0.3, 0.4) is 0 Å². The maximum atomic E-state index is 13.6. The molecule has 0 radical (unpaired) electrons. The first kappa shape index (κ1) is 27.0. The molecule has 3 atom stereocenters. The minimum Gasteiger partial charge on any atom is -0.508 e. The molecule has 40 heavy (non-hydrogen) atoms. The number of carbonyl (C=O) groups excluding carboxylic acids is 3. The summed E-state index contributed by atoms with van der Waals surface area (Å²) in [6, 6.07) is 21.5. The first-order valence-corrected chi connectivity index (χ1v) is 13.2. The number of nitrogens with one attached hydrogen (secondary N) is 2. The summed E-state index contributed by atoms with van der Waals surface area (Å²) in [5.74, 6) is -1.06. The molecule has 2 heterocycles. The Kier molecular flexibility index (Phi) is 7.84. The van der Waals surface area contributed by atoms with Crippen molar-refractivity contribution >= 4 is 28.6 Å². The number of phenols is 1. The number of hydrogen-bond acceptors (Lipinski definition) is 5. The molecule has 5 rings (SSSR count). The molecule has 1 aromatic heterocycles. The average Bonchev–Trinajstić information content (AvgIpc) is 3.57. The van der Waals surface area contributed by atoms with E-state index < -0.39 is 24.1 Å². The minimum atomic E-state index is -0.939. The van der Waals surface area contributed by atoms with E-state index in [1.807, 2.05) is 54.6 Å². The summed E-state index contributed by atoms with van der Waals surface area (Å²) in [6.07, 6.45) is 1.01. The van der Waals surface area contributed by atoms with Gasteiger partial charge in [-0.25, -0.2) is 0 Å². The van der Waals surface area contributed by atoms with Gasteiger partial charge in [0.15, 0.2) is 0 Å². The Bertz CT molecular complexity index is 1500. The van der Waals surface area contributed by atoms with Crippen molar-refractivity contribution in [2.45, 2.75) is 37.6 Å². The van der Waals surface area contributed by atoms with Gasteiger partial charge in [0.1, 0.15) is 17.8 Å². The standard InChI is InChI=1S/C31H32N4O5/c1-34(18-21-7-3-2-4-8-21)31(40)27(15-20-11-13-22(36)14-12-20)33-29(38)28-16-23(37)19-35(28)30(39)25-17-32-26-10-6-5-9-24(25)26/h2-14,17,23,27-28,32,36-37H,15-16,18-19H2,1H3,(H,33,38)/t23-,27+,28+/m1/s1. The number of likely N-dealkylation sites (tertiary alicyclic amines) is 1. The van der Waals surface area contributed by atoms with Crippen molar-refractivity contribution in [3.8, 4) is 5.75 Å². The van der Waals surface area contributed by atoms with Gasteiger partial charge in [-0.2, -0.15) is 0 Å². The monoisotopic (exact) mass is 540 g/mol. The minimum absolute atomic E-state index is 0.0148. The lowest BCUT2D eigenvalue weighted by atomic mass is 10.0. The van der Waals surface area contributed by atoms with Crippen LogP contribution in [0.15, 0.2) is 85.1 Å². The number of carbonyl (C=O) groups is 3. The molecule has 1 aliphatic rings. The number of phenolic OH excluding ortho intramolecular Hbond substituents is 1. The molecule has 1 saturated heterocycles. The van der Waals surface area contributed by atoms with E-state index in [0.717, 1.165) is 22.0 Å². The van der Waals surface area contributed by atoms with Crippen LogP contribution < -0.4 is 5.32 Å². The second-order valence-corrected chi connectivity index (χ2v) is 10.2. The molecule has 206 valence electrons. The van der Waals surface area contributed by atoms with Crippen LogP contribution in [0, 0.1) is 0 Å². The molecule has 4 N–H and O–H groups in total. The molecule has 9 nitrogen and oxygen atoms in total. The molecule has 1 aliphatic heterocycles. The lowest BCUT2D eigenvalue weighted by Gasteiger charge is -2.28. The number of nitrogens with zero attached hydrogens (tertiary/aromatic N) is 2. The second kappa shape index (κ2) is 11.6. The van der Waals surface area contributed by atoms with Gasteiger partial charge in [-0.15, -0.1) is 0 Å². The molecule has 0 unspecified atom stereocenters. The molecule has 0 spiro atoms. The maximum absolute atomic E-state index is 13.6. The zero-order valence-electron chi connectivity index (χ0n) is 22.2. The van der Waals surface area contributed by atoms with Gasteiger partial charge < -0.3 is 30.3 Å². The normalized spacial score (nSPS) is 17.5. The average molecular weight is 541 g/mol. The van der Waals surface area contributed by atoms with Gasteiger partial charge in [0, 0.05) is 50.1 Å². The van der Waals surface area contributed by atoms with Crippen molar-refractivity contribution < 1.29 is 24.6 Å². The lowest BCUT2D eigenvalue weighted by Crippen LogP contribution is -2.54. The Morgan fingerprint density at radius 3 is 2.45 bits per heavy atom. The number of fused-ring (bicyclic) bond motifs is 1. The number of β-amino-alcohol motifs (C(OH)–C–C–N with tert-alkyl or cyclic N) is 1. The van der Waals surface area contributed by atoms with Crippen LogP contribution in [-0.2, 0) is 22.6 Å². The van der Waals surface area contributed by atoms with E-state index in [2.05, 4.69) is 10.3 Å². The third-order valence-electron chi connectivity index (χ3n) is 7.29. The van der Waals surface area contributed by atoms with E-state index in [9.17, 15) is 24.6 Å². The van der Waals surface area contributed by atoms with Crippen LogP contribution in [0.1, 0.15) is 27.9 Å². The SMILES string of the molecule is CN(Cc1ccccc1)C(=O)[C@H](Cc1ccc(O)cc1)NC(=O)[C@@H]1C[C@@H](O)CN1C(=O)c1c[nH]c2ccccc12. The molecule has 4 aromatic rings. The number of rotatable bonds is 8. The van der Waals surface area contributed by atoms with Crippen LogP contribution in [0.5, 0.6) is 5.75 Å². The van der Waals surface area contributed by atoms with E-state index in [1.165, 1.54) is 17.0 Å². The van der Waals surface area contributed by atoms with E-state index in [-0.39, 0.29) is 37.0 Å². The highest BCUT2D eigenvalue weighted by Gasteiger charge is 2.41. The smallest absolute Gasteiger partial charge is 0.256 e. The molecule has 1 fully saturated rings. The molecule has 9 heteroatoms. The van der Waals surface area contributed by atoms with Crippen LogP contribution in [0.4, 0.5) is 0 Å². The molecule has 3 aromatic carbocycles. The number of hydrogen-bond donors (Lipinski definition) is 4. The molecular weight excluding hydrogens is 508 g/mol. The van der Waals surface area contributed by atoms with Gasteiger partial charge in [0.05, 0.1) is 11.7 Å². The first-order valence-electron chi connectivity index (χ1n) is 13.2. The van der Waals surface area contributed by atoms with Crippen LogP contribution in [0.2, 0.25) is 0 Å². The van der Waals surface area contributed by atoms with Crippen molar-refractivity contribution in [3.63, 3.8) is 0 Å². The number of para-hydroxylation sites is 1. The van der Waals surface area contributed by atoms with Crippen LogP contribution in [-0.4, -0.2) is 74.5 Å². The van der Waals surface area contributed by atoms with Crippen molar-refractivity contribution in [3.05, 3.63) is 102 Å². The van der Waals surface area contributed by atoms with Crippen molar-refractivity contribution in [2.24, 2.45) is 0 Å². The largest absolute Gasteiger partial charge is 0.508 e. The zero-order chi connectivity index (χ0) is 28.2. The van der Waals surface area contributed by atoms with Gasteiger partial charge in [-0.3, -0.25) is 14.4 Å². The topological polar surface area (TPSA) is 126 Å². The van der Waals surface area contributed by atoms with Crippen molar-refractivity contribution in [2.75, 3.05) is 13.6 Å². The summed E-state index contributed by atoms with van der Waals surface area (Å²) >= 11 is 0. The first-order chi connectivity index (χ1) is 19.3. The fourth-order valence-electron chi connectivity index (χ4n) is 5.23. The number of aromatic hydroxyl groups is 1. The van der Waals surface area contributed by atoms with Crippen molar-refractivity contribution in [1.29, 1.82) is 0 Å². The fourth-order valence-corrected chi connectivity index (χ4v) is 5.23. The maximum Gasteiger partial charge on any atom is 0.256 e. The summed E-state index contributed by atoms with van der Waals surface area (Å²) in [5, 5.41) is 23.7. The zero-order valence-corrected chi connectivity index (χ0v) is 22.2. The molecule has 0 bridgehead atoms. The number of aromatic nitrogens is 1. The van der Waals surface area contributed by atoms with Crippen LogP contribution in [0.25, 0.3) is 10.9 Å². The number of aliphatic hydroxyl groups excluding tert-OH is 1. The summed E-state index contributed by atoms with van der Waals surface area (Å²) in [4.78, 5) is 46.8. The van der Waals surface area contributed by atoms with Gasteiger partial charge in [-0.05, 0) is 29.3 Å². The summed E-state index contributed by atoms with van der Waals surface area (Å²) in [5.41, 5.74) is 2.92. The molecular formula is C31H32N4O5. The van der Waals surface area contributed by atoms with E-state index in [0.29, 0.717) is 12.1 Å². The van der Waals surface area contributed by atoms with Crippen molar-refractivity contribution in [1.82, 2.24) is 20.1 Å². The van der Waals surface area contributed by atoms with Gasteiger partial charge in [-0.1, -0.05) is 60.7 Å². The Morgan fingerprint density at radius 2 is 1.70 bits per heavy atom. The van der Waals surface area contributed by atoms with E-state index in [4.69, 9.17) is 0 Å². The molecule has 0 aliphatic carbocycles. The predicted molar refractivity (Wildman–Crippen MR) is 150 cm³/mol. The van der Waals surface area contributed by atoms with Gasteiger partial charge in [0.25, 0.3) is 5.91 Å². The predicted octanol–water partition coefficient (Wildman–Crippen LogP) is 2.83. The van der Waals surface area contributed by atoms with Gasteiger partial charge in [0.2, 0.25) is 11.8 Å². The number of aliphatic hydroxyl groups is 1. The Morgan fingerprint density at radius 1 is 1.00 bits per heavy atom. The molecule has 0 saturated carbocycles.